The second kappa shape index (κ2) is 7.11. The predicted molar refractivity (Wildman–Crippen MR) is 93.3 cm³/mol. The fourth-order valence-corrected chi connectivity index (χ4v) is 2.65. The van der Waals surface area contributed by atoms with Gasteiger partial charge in [0.15, 0.2) is 0 Å². The van der Waals surface area contributed by atoms with Gasteiger partial charge in [-0.1, -0.05) is 24.3 Å². The minimum atomic E-state index is 0. The predicted octanol–water partition coefficient (Wildman–Crippen LogP) is 4.62. The molecule has 1 fully saturated rings. The second-order valence-corrected chi connectivity index (χ2v) is 5.25. The van der Waals surface area contributed by atoms with Crippen molar-refractivity contribution >= 4 is 29.6 Å². The molecule has 0 saturated carbocycles. The molecule has 0 bridgehead atoms. The van der Waals surface area contributed by atoms with Gasteiger partial charge in [0.25, 0.3) is 0 Å². The molecule has 0 N–H and O–H groups in total. The lowest BCUT2D eigenvalue weighted by atomic mass is 10.2. The van der Waals surface area contributed by atoms with E-state index in [0.29, 0.717) is 5.56 Å². The summed E-state index contributed by atoms with van der Waals surface area (Å²) in [5.74, 6) is 1.04. The summed E-state index contributed by atoms with van der Waals surface area (Å²) in [4.78, 5) is 6.99. The minimum absolute atomic E-state index is 0. The third-order valence-corrected chi connectivity index (χ3v) is 3.68. The molecule has 0 atom stereocenters. The molecule has 1 aliphatic heterocycles. The molecule has 0 spiro atoms. The summed E-state index contributed by atoms with van der Waals surface area (Å²) in [6.07, 6.45) is 2.05. The molecule has 0 unspecified atom stereocenters. The van der Waals surface area contributed by atoms with E-state index < -0.39 is 0 Å². The molecule has 2 aromatic carbocycles. The summed E-state index contributed by atoms with van der Waals surface area (Å²) < 4.78 is 0. The Morgan fingerprint density at radius 2 is 1.95 bits per heavy atom. The number of halogens is 1. The van der Waals surface area contributed by atoms with Crippen molar-refractivity contribution in [3.8, 4) is 6.07 Å². The van der Waals surface area contributed by atoms with Crippen LogP contribution in [-0.2, 0) is 0 Å². The number of nitrogens with zero attached hydrogens (tertiary/aromatic N) is 3. The molecule has 4 heteroatoms. The molecule has 1 saturated heterocycles. The van der Waals surface area contributed by atoms with Crippen LogP contribution in [0.15, 0.2) is 53.5 Å². The first-order chi connectivity index (χ1) is 10.3. The van der Waals surface area contributed by atoms with Crippen LogP contribution in [0, 0.1) is 18.3 Å². The molecule has 3 rings (SSSR count). The SMILES string of the molecule is Cc1cccc(N2CCCC2=Nc2ccccc2C#N)c1.Cl. The maximum atomic E-state index is 9.18. The standard InChI is InChI=1S/C18H17N3.ClH/c1-14-6-4-8-16(12-14)21-11-5-10-18(21)20-17-9-3-2-7-15(17)13-19;/h2-4,6-9,12H,5,10-11H2,1H3;1H. The Morgan fingerprint density at radius 3 is 2.73 bits per heavy atom. The van der Waals surface area contributed by atoms with Crippen LogP contribution >= 0.6 is 12.4 Å². The van der Waals surface area contributed by atoms with Gasteiger partial charge in [0, 0.05) is 18.7 Å². The van der Waals surface area contributed by atoms with E-state index in [4.69, 9.17) is 4.99 Å². The normalized spacial score (nSPS) is 15.5. The summed E-state index contributed by atoms with van der Waals surface area (Å²) >= 11 is 0. The molecule has 112 valence electrons. The number of anilines is 1. The number of nitriles is 1. The quantitative estimate of drug-likeness (QED) is 0.812. The smallest absolute Gasteiger partial charge is 0.109 e. The van der Waals surface area contributed by atoms with Crippen LogP contribution in [0.5, 0.6) is 0 Å². The van der Waals surface area contributed by atoms with Crippen LogP contribution in [0.25, 0.3) is 0 Å². The van der Waals surface area contributed by atoms with Crippen LogP contribution in [0.4, 0.5) is 11.4 Å². The average Bonchev–Trinajstić information content (AvgIpc) is 2.96. The van der Waals surface area contributed by atoms with Gasteiger partial charge in [-0.25, -0.2) is 4.99 Å². The first-order valence-electron chi connectivity index (χ1n) is 7.19. The Kier molecular flexibility index (Phi) is 5.19. The Bertz CT molecular complexity index is 731. The molecular formula is C18H18ClN3. The number of hydrogen-bond donors (Lipinski definition) is 0. The summed E-state index contributed by atoms with van der Waals surface area (Å²) in [6, 6.07) is 18.2. The third kappa shape index (κ3) is 3.29. The summed E-state index contributed by atoms with van der Waals surface area (Å²) in [5, 5.41) is 9.18. The maximum Gasteiger partial charge on any atom is 0.109 e. The number of benzene rings is 2. The molecule has 0 amide bonds. The zero-order chi connectivity index (χ0) is 14.7. The number of aryl methyl sites for hydroxylation is 1. The van der Waals surface area contributed by atoms with E-state index in [2.05, 4.69) is 42.2 Å². The van der Waals surface area contributed by atoms with Crippen molar-refractivity contribution in [2.75, 3.05) is 11.4 Å². The van der Waals surface area contributed by atoms with Gasteiger partial charge in [-0.3, -0.25) is 0 Å². The molecular weight excluding hydrogens is 294 g/mol. The van der Waals surface area contributed by atoms with Crippen molar-refractivity contribution < 1.29 is 0 Å². The summed E-state index contributed by atoms with van der Waals surface area (Å²) in [5.41, 5.74) is 3.81. The van der Waals surface area contributed by atoms with E-state index in [1.807, 2.05) is 24.3 Å². The molecule has 22 heavy (non-hydrogen) atoms. The van der Waals surface area contributed by atoms with Crippen molar-refractivity contribution in [3.63, 3.8) is 0 Å². The van der Waals surface area contributed by atoms with E-state index in [0.717, 1.165) is 30.9 Å². The van der Waals surface area contributed by atoms with Crippen molar-refractivity contribution in [3.05, 3.63) is 59.7 Å². The van der Waals surface area contributed by atoms with Gasteiger partial charge < -0.3 is 4.90 Å². The van der Waals surface area contributed by atoms with Crippen molar-refractivity contribution in [2.45, 2.75) is 19.8 Å². The fourth-order valence-electron chi connectivity index (χ4n) is 2.65. The molecule has 1 heterocycles. The monoisotopic (exact) mass is 311 g/mol. The van der Waals surface area contributed by atoms with E-state index in [1.54, 1.807) is 0 Å². The minimum Gasteiger partial charge on any atom is -0.330 e. The zero-order valence-corrected chi connectivity index (χ0v) is 13.3. The van der Waals surface area contributed by atoms with E-state index in [9.17, 15) is 5.26 Å². The van der Waals surface area contributed by atoms with Gasteiger partial charge in [-0.15, -0.1) is 12.4 Å². The zero-order valence-electron chi connectivity index (χ0n) is 12.5. The Hall–Kier alpha value is -2.31. The van der Waals surface area contributed by atoms with E-state index >= 15 is 0 Å². The molecule has 0 radical (unpaired) electrons. The highest BCUT2D eigenvalue weighted by atomic mass is 35.5. The molecule has 3 nitrogen and oxygen atoms in total. The maximum absolute atomic E-state index is 9.18. The van der Waals surface area contributed by atoms with Gasteiger partial charge in [0.1, 0.15) is 11.9 Å². The number of amidine groups is 1. The second-order valence-electron chi connectivity index (χ2n) is 5.25. The van der Waals surface area contributed by atoms with Crippen LogP contribution in [-0.4, -0.2) is 12.4 Å². The van der Waals surface area contributed by atoms with Gasteiger partial charge in [-0.2, -0.15) is 5.26 Å². The van der Waals surface area contributed by atoms with E-state index in [-0.39, 0.29) is 12.4 Å². The summed E-state index contributed by atoms with van der Waals surface area (Å²) in [6.45, 7) is 3.08. The first kappa shape index (κ1) is 16.1. The lowest BCUT2D eigenvalue weighted by Crippen LogP contribution is -2.24. The lowest BCUT2D eigenvalue weighted by molar-refractivity contribution is 0.956. The largest absolute Gasteiger partial charge is 0.330 e. The topological polar surface area (TPSA) is 39.4 Å². The fraction of sp³-hybridized carbons (Fsp3) is 0.222. The molecule has 1 aliphatic rings. The highest BCUT2D eigenvalue weighted by Crippen LogP contribution is 2.26. The van der Waals surface area contributed by atoms with Crippen molar-refractivity contribution in [2.24, 2.45) is 4.99 Å². The van der Waals surface area contributed by atoms with Gasteiger partial charge in [-0.05, 0) is 43.2 Å². The average molecular weight is 312 g/mol. The van der Waals surface area contributed by atoms with Crippen LogP contribution < -0.4 is 4.90 Å². The number of aliphatic imine (C=N–C) groups is 1. The number of hydrogen-bond acceptors (Lipinski definition) is 2. The lowest BCUT2D eigenvalue weighted by Gasteiger charge is -2.19. The summed E-state index contributed by atoms with van der Waals surface area (Å²) in [7, 11) is 0. The van der Waals surface area contributed by atoms with Gasteiger partial charge in [0.05, 0.1) is 11.3 Å². The van der Waals surface area contributed by atoms with Gasteiger partial charge in [0.2, 0.25) is 0 Å². The number of rotatable bonds is 2. The van der Waals surface area contributed by atoms with Crippen molar-refractivity contribution in [1.29, 1.82) is 5.26 Å². The Balaban J connectivity index is 0.00000176. The van der Waals surface area contributed by atoms with Crippen molar-refractivity contribution in [1.82, 2.24) is 0 Å². The number of para-hydroxylation sites is 1. The highest BCUT2D eigenvalue weighted by Gasteiger charge is 2.20. The highest BCUT2D eigenvalue weighted by molar-refractivity contribution is 6.01. The van der Waals surface area contributed by atoms with Crippen LogP contribution in [0.3, 0.4) is 0 Å². The molecule has 0 aromatic heterocycles. The van der Waals surface area contributed by atoms with E-state index in [1.165, 1.54) is 11.3 Å². The molecule has 0 aliphatic carbocycles. The Morgan fingerprint density at radius 1 is 1.14 bits per heavy atom. The third-order valence-electron chi connectivity index (χ3n) is 3.68. The first-order valence-corrected chi connectivity index (χ1v) is 7.19. The van der Waals surface area contributed by atoms with Crippen LogP contribution in [0.2, 0.25) is 0 Å². The van der Waals surface area contributed by atoms with Gasteiger partial charge >= 0.3 is 0 Å². The van der Waals surface area contributed by atoms with Crippen LogP contribution in [0.1, 0.15) is 24.0 Å². The Labute approximate surface area is 137 Å². The molecule has 2 aromatic rings.